The van der Waals surface area contributed by atoms with Crippen LogP contribution in [0.15, 0.2) is 71.9 Å². The number of nitrogens with two attached hydrogens (primary N) is 1. The van der Waals surface area contributed by atoms with Gasteiger partial charge in [0.15, 0.2) is 12.2 Å². The number of nitrogens with one attached hydrogen (secondary N) is 1. The standard InChI is InChI=1S/C25H23N7O3S/c1-31(23(33)12-26)17-4-5-19-18(11-17)29-25(32(19)10-8-16-3-2-9-27-13-16)30-24(34)22-7-6-21(36-22)20-14-28-15-35-20/h2-7,9,11,13-15H,8,10,12,26H2,1H3,(H,29,30,34). The van der Waals surface area contributed by atoms with Gasteiger partial charge in [-0.3, -0.25) is 19.9 Å². The number of likely N-dealkylation sites (N-methyl/N-ethyl adjacent to an activating group) is 1. The molecular formula is C25H23N7O3S. The van der Waals surface area contributed by atoms with E-state index >= 15 is 0 Å². The van der Waals surface area contributed by atoms with Crippen molar-refractivity contribution in [3.05, 3.63) is 77.9 Å². The van der Waals surface area contributed by atoms with E-state index in [0.717, 1.165) is 16.0 Å². The third kappa shape index (κ3) is 4.74. The summed E-state index contributed by atoms with van der Waals surface area (Å²) < 4.78 is 7.29. The molecule has 1 aromatic carbocycles. The average molecular weight is 502 g/mol. The summed E-state index contributed by atoms with van der Waals surface area (Å²) in [6.07, 6.45) is 7.21. The van der Waals surface area contributed by atoms with Gasteiger partial charge in [-0.2, -0.15) is 0 Å². The summed E-state index contributed by atoms with van der Waals surface area (Å²) in [5.41, 5.74) is 8.74. The first-order valence-electron chi connectivity index (χ1n) is 11.2. The van der Waals surface area contributed by atoms with Crippen molar-refractivity contribution in [2.45, 2.75) is 13.0 Å². The molecule has 4 heterocycles. The second-order valence-corrected chi connectivity index (χ2v) is 9.10. The molecule has 4 aromatic heterocycles. The highest BCUT2D eigenvalue weighted by Gasteiger charge is 2.18. The van der Waals surface area contributed by atoms with E-state index in [0.29, 0.717) is 40.8 Å². The van der Waals surface area contributed by atoms with Gasteiger partial charge in [0.05, 0.1) is 33.5 Å². The number of carbonyl (C=O) groups is 2. The van der Waals surface area contributed by atoms with Gasteiger partial charge < -0.3 is 19.6 Å². The molecule has 5 aromatic rings. The first kappa shape index (κ1) is 23.4. The van der Waals surface area contributed by atoms with E-state index in [2.05, 4.69) is 15.3 Å². The monoisotopic (exact) mass is 501 g/mol. The molecule has 0 atom stereocenters. The van der Waals surface area contributed by atoms with Gasteiger partial charge in [0.1, 0.15) is 0 Å². The van der Waals surface area contributed by atoms with Crippen LogP contribution in [0, 0.1) is 0 Å². The molecule has 0 saturated heterocycles. The molecule has 36 heavy (non-hydrogen) atoms. The van der Waals surface area contributed by atoms with Gasteiger partial charge in [-0.1, -0.05) is 6.07 Å². The highest BCUT2D eigenvalue weighted by Crippen LogP contribution is 2.29. The summed E-state index contributed by atoms with van der Waals surface area (Å²) in [4.78, 5) is 40.8. The van der Waals surface area contributed by atoms with E-state index in [1.54, 1.807) is 25.5 Å². The fourth-order valence-electron chi connectivity index (χ4n) is 3.81. The Morgan fingerprint density at radius 1 is 1.17 bits per heavy atom. The molecule has 3 N–H and O–H groups in total. The zero-order valence-corrected chi connectivity index (χ0v) is 20.2. The number of nitrogens with zero attached hydrogens (tertiary/aromatic N) is 5. The number of imidazole rings is 1. The van der Waals surface area contributed by atoms with E-state index in [4.69, 9.17) is 15.1 Å². The van der Waals surface area contributed by atoms with Crippen molar-refractivity contribution in [3.63, 3.8) is 0 Å². The van der Waals surface area contributed by atoms with Crippen LogP contribution in [0.2, 0.25) is 0 Å². The molecule has 0 bridgehead atoms. The molecule has 0 unspecified atom stereocenters. The molecule has 182 valence electrons. The molecule has 10 nitrogen and oxygen atoms in total. The van der Waals surface area contributed by atoms with Crippen LogP contribution in [-0.2, 0) is 17.8 Å². The Bertz CT molecular complexity index is 1510. The zero-order valence-electron chi connectivity index (χ0n) is 19.4. The number of benzene rings is 1. The molecule has 0 fully saturated rings. The maximum atomic E-state index is 13.1. The largest absolute Gasteiger partial charge is 0.443 e. The molecule has 0 aliphatic heterocycles. The Labute approximate surface area is 210 Å². The average Bonchev–Trinajstić information content (AvgIpc) is 3.67. The lowest BCUT2D eigenvalue weighted by Crippen LogP contribution is -2.32. The number of aryl methyl sites for hydroxylation is 2. The number of thiophene rings is 1. The van der Waals surface area contributed by atoms with Gasteiger partial charge in [0.2, 0.25) is 11.9 Å². The normalized spacial score (nSPS) is 11.1. The van der Waals surface area contributed by atoms with Crippen molar-refractivity contribution >= 4 is 45.8 Å². The number of pyridine rings is 1. The van der Waals surface area contributed by atoms with Crippen molar-refractivity contribution in [2.75, 3.05) is 23.8 Å². The third-order valence-electron chi connectivity index (χ3n) is 5.75. The molecule has 0 aliphatic carbocycles. The topological polar surface area (TPSA) is 132 Å². The Hall–Kier alpha value is -4.35. The number of rotatable bonds is 8. The number of hydrogen-bond donors (Lipinski definition) is 2. The maximum absolute atomic E-state index is 13.1. The number of amides is 2. The fraction of sp³-hybridized carbons (Fsp3) is 0.160. The summed E-state index contributed by atoms with van der Waals surface area (Å²) in [7, 11) is 1.67. The SMILES string of the molecule is CN(C(=O)CN)c1ccc2c(c1)nc(NC(=O)c1ccc(-c3cnco3)s1)n2CCc1cccnc1. The van der Waals surface area contributed by atoms with E-state index in [9.17, 15) is 9.59 Å². The van der Waals surface area contributed by atoms with Crippen LogP contribution in [0.1, 0.15) is 15.2 Å². The number of fused-ring (bicyclic) bond motifs is 1. The van der Waals surface area contributed by atoms with E-state index < -0.39 is 0 Å². The molecule has 0 spiro atoms. The van der Waals surface area contributed by atoms with E-state index in [1.807, 2.05) is 47.2 Å². The molecular weight excluding hydrogens is 478 g/mol. The number of carbonyl (C=O) groups excluding carboxylic acids is 2. The Balaban J connectivity index is 1.46. The van der Waals surface area contributed by atoms with Crippen LogP contribution < -0.4 is 16.0 Å². The number of hydrogen-bond acceptors (Lipinski definition) is 8. The first-order chi connectivity index (χ1) is 17.5. The van der Waals surface area contributed by atoms with Gasteiger partial charge >= 0.3 is 0 Å². The van der Waals surface area contributed by atoms with Crippen molar-refractivity contribution < 1.29 is 14.0 Å². The summed E-state index contributed by atoms with van der Waals surface area (Å²) in [5, 5.41) is 2.95. The second-order valence-electron chi connectivity index (χ2n) is 8.01. The Morgan fingerprint density at radius 3 is 2.81 bits per heavy atom. The number of anilines is 2. The van der Waals surface area contributed by atoms with Crippen molar-refractivity contribution in [1.82, 2.24) is 19.5 Å². The van der Waals surface area contributed by atoms with Crippen LogP contribution in [0.3, 0.4) is 0 Å². The molecule has 11 heteroatoms. The molecule has 5 rings (SSSR count). The van der Waals surface area contributed by atoms with Gasteiger partial charge in [0, 0.05) is 31.7 Å². The maximum Gasteiger partial charge on any atom is 0.268 e. The predicted molar refractivity (Wildman–Crippen MR) is 138 cm³/mol. The van der Waals surface area contributed by atoms with Crippen LogP contribution in [0.25, 0.3) is 21.7 Å². The van der Waals surface area contributed by atoms with E-state index in [-0.39, 0.29) is 18.4 Å². The van der Waals surface area contributed by atoms with Crippen LogP contribution in [0.4, 0.5) is 11.6 Å². The smallest absolute Gasteiger partial charge is 0.268 e. The Morgan fingerprint density at radius 2 is 2.06 bits per heavy atom. The summed E-state index contributed by atoms with van der Waals surface area (Å²) in [5.74, 6) is 0.531. The second kappa shape index (κ2) is 10.1. The number of aromatic nitrogens is 4. The summed E-state index contributed by atoms with van der Waals surface area (Å²) in [6.45, 7) is 0.481. The van der Waals surface area contributed by atoms with Gasteiger partial charge in [-0.25, -0.2) is 9.97 Å². The fourth-order valence-corrected chi connectivity index (χ4v) is 4.66. The lowest BCUT2D eigenvalue weighted by molar-refractivity contribution is -0.117. The molecule has 2 amide bonds. The molecule has 0 saturated carbocycles. The highest BCUT2D eigenvalue weighted by atomic mass is 32.1. The van der Waals surface area contributed by atoms with Gasteiger partial charge in [0.25, 0.3) is 5.91 Å². The zero-order chi connectivity index (χ0) is 25.1. The minimum absolute atomic E-state index is 0.0910. The van der Waals surface area contributed by atoms with Crippen LogP contribution >= 0.6 is 11.3 Å². The van der Waals surface area contributed by atoms with E-state index in [1.165, 1.54) is 22.6 Å². The molecule has 0 aliphatic rings. The minimum Gasteiger partial charge on any atom is -0.443 e. The lowest BCUT2D eigenvalue weighted by atomic mass is 10.2. The van der Waals surface area contributed by atoms with Crippen LogP contribution in [-0.4, -0.2) is 44.9 Å². The Kier molecular flexibility index (Phi) is 6.56. The molecule has 0 radical (unpaired) electrons. The predicted octanol–water partition coefficient (Wildman–Crippen LogP) is 3.56. The summed E-state index contributed by atoms with van der Waals surface area (Å²) >= 11 is 1.31. The minimum atomic E-state index is -0.278. The van der Waals surface area contributed by atoms with Crippen molar-refractivity contribution in [2.24, 2.45) is 5.73 Å². The van der Waals surface area contributed by atoms with Crippen molar-refractivity contribution in [1.29, 1.82) is 0 Å². The first-order valence-corrected chi connectivity index (χ1v) is 12.0. The summed E-state index contributed by atoms with van der Waals surface area (Å²) in [6, 6.07) is 13.0. The lowest BCUT2D eigenvalue weighted by Gasteiger charge is -2.16. The highest BCUT2D eigenvalue weighted by molar-refractivity contribution is 7.17. The van der Waals surface area contributed by atoms with Gasteiger partial charge in [-0.15, -0.1) is 11.3 Å². The third-order valence-corrected chi connectivity index (χ3v) is 6.84. The van der Waals surface area contributed by atoms with Crippen LogP contribution in [0.5, 0.6) is 0 Å². The quantitative estimate of drug-likeness (QED) is 0.332. The van der Waals surface area contributed by atoms with Crippen molar-refractivity contribution in [3.8, 4) is 10.6 Å². The number of oxazole rings is 1. The van der Waals surface area contributed by atoms with Gasteiger partial charge in [-0.05, 0) is 48.4 Å².